The van der Waals surface area contributed by atoms with Crippen molar-refractivity contribution in [2.75, 3.05) is 25.0 Å². The Morgan fingerprint density at radius 1 is 1.17 bits per heavy atom. The van der Waals surface area contributed by atoms with Crippen molar-refractivity contribution in [3.8, 4) is 5.75 Å². The van der Waals surface area contributed by atoms with Gasteiger partial charge in [0.25, 0.3) is 11.6 Å². The van der Waals surface area contributed by atoms with E-state index in [1.54, 1.807) is 24.3 Å². The van der Waals surface area contributed by atoms with Crippen LogP contribution in [0.15, 0.2) is 53.0 Å². The topological polar surface area (TPSA) is 93.5 Å². The summed E-state index contributed by atoms with van der Waals surface area (Å²) in [4.78, 5) is 21.8. The molecule has 8 heteroatoms. The second-order valence-electron chi connectivity index (χ2n) is 4.83. The van der Waals surface area contributed by atoms with Crippen LogP contribution in [0, 0.1) is 10.1 Å². The van der Waals surface area contributed by atoms with Crippen LogP contribution in [0.1, 0.15) is 0 Å². The maximum atomic E-state index is 11.7. The molecule has 7 nitrogen and oxygen atoms in total. The Morgan fingerprint density at radius 3 is 2.58 bits per heavy atom. The quantitative estimate of drug-likeness (QED) is 0.408. The number of ether oxygens (including phenoxy) is 1. The predicted molar refractivity (Wildman–Crippen MR) is 94.2 cm³/mol. The average Bonchev–Trinajstić information content (AvgIpc) is 2.57. The molecule has 0 atom stereocenters. The van der Waals surface area contributed by atoms with Gasteiger partial charge in [-0.2, -0.15) is 0 Å². The normalized spacial score (nSPS) is 10.0. The molecular weight excluding hydrogens is 378 g/mol. The van der Waals surface area contributed by atoms with E-state index < -0.39 is 4.92 Å². The minimum Gasteiger partial charge on any atom is -0.484 e. The van der Waals surface area contributed by atoms with Gasteiger partial charge in [-0.15, -0.1) is 0 Å². The molecule has 0 radical (unpaired) electrons. The zero-order chi connectivity index (χ0) is 17.4. The number of nitro groups is 1. The summed E-state index contributed by atoms with van der Waals surface area (Å²) in [5.74, 6) is 0.393. The molecule has 0 unspecified atom stereocenters. The molecule has 126 valence electrons. The Balaban J connectivity index is 1.64. The van der Waals surface area contributed by atoms with E-state index in [0.717, 1.165) is 10.2 Å². The van der Waals surface area contributed by atoms with E-state index in [-0.39, 0.29) is 18.2 Å². The molecule has 0 heterocycles. The van der Waals surface area contributed by atoms with Crippen LogP contribution in [-0.2, 0) is 4.79 Å². The van der Waals surface area contributed by atoms with Crippen molar-refractivity contribution in [2.45, 2.75) is 0 Å². The van der Waals surface area contributed by atoms with E-state index in [1.165, 1.54) is 12.1 Å². The summed E-state index contributed by atoms with van der Waals surface area (Å²) in [6, 6.07) is 13.3. The molecule has 2 aromatic rings. The number of halogens is 1. The van der Waals surface area contributed by atoms with Crippen molar-refractivity contribution in [3.63, 3.8) is 0 Å². The fraction of sp³-hybridized carbons (Fsp3) is 0.188. The Morgan fingerprint density at radius 2 is 1.92 bits per heavy atom. The molecule has 1 amide bonds. The first-order valence-corrected chi connectivity index (χ1v) is 7.97. The molecule has 0 aliphatic heterocycles. The highest BCUT2D eigenvalue weighted by Gasteiger charge is 2.04. The van der Waals surface area contributed by atoms with Gasteiger partial charge in [-0.3, -0.25) is 14.9 Å². The summed E-state index contributed by atoms with van der Waals surface area (Å²) in [5, 5.41) is 16.3. The summed E-state index contributed by atoms with van der Waals surface area (Å²) in [6.07, 6.45) is 0. The largest absolute Gasteiger partial charge is 0.484 e. The molecule has 0 aliphatic rings. The second kappa shape index (κ2) is 8.88. The van der Waals surface area contributed by atoms with E-state index in [2.05, 4.69) is 26.6 Å². The molecule has 0 aliphatic carbocycles. The number of nitrogens with one attached hydrogen (secondary N) is 2. The van der Waals surface area contributed by atoms with Crippen LogP contribution in [-0.4, -0.2) is 30.5 Å². The molecule has 2 rings (SSSR count). The standard InChI is InChI=1S/C16H16BrN3O4/c17-12-2-1-3-15(10-12)24-11-16(21)19-9-8-18-13-4-6-14(7-5-13)20(22)23/h1-7,10,18H,8-9,11H2,(H,19,21). The number of benzene rings is 2. The van der Waals surface area contributed by atoms with Crippen molar-refractivity contribution < 1.29 is 14.5 Å². The number of amides is 1. The van der Waals surface area contributed by atoms with Crippen LogP contribution in [0.25, 0.3) is 0 Å². The minimum absolute atomic E-state index is 0.0403. The molecular formula is C16H16BrN3O4. The van der Waals surface area contributed by atoms with Crippen LogP contribution >= 0.6 is 15.9 Å². The Labute approximate surface area is 147 Å². The number of carbonyl (C=O) groups is 1. The first-order chi connectivity index (χ1) is 11.5. The summed E-state index contributed by atoms with van der Waals surface area (Å²) in [7, 11) is 0. The van der Waals surface area contributed by atoms with Crippen LogP contribution in [0.5, 0.6) is 5.75 Å². The van der Waals surface area contributed by atoms with Gasteiger partial charge in [-0.1, -0.05) is 22.0 Å². The van der Waals surface area contributed by atoms with Crippen molar-refractivity contribution in [1.82, 2.24) is 5.32 Å². The third-order valence-corrected chi connectivity index (χ3v) is 3.51. The van der Waals surface area contributed by atoms with Crippen LogP contribution in [0.2, 0.25) is 0 Å². The molecule has 0 saturated heterocycles. The summed E-state index contributed by atoms with van der Waals surface area (Å²) in [5.41, 5.74) is 0.791. The fourth-order valence-electron chi connectivity index (χ4n) is 1.87. The lowest BCUT2D eigenvalue weighted by molar-refractivity contribution is -0.384. The number of carbonyl (C=O) groups excluding carboxylic acids is 1. The van der Waals surface area contributed by atoms with E-state index in [0.29, 0.717) is 18.8 Å². The first kappa shape index (κ1) is 17.7. The number of anilines is 1. The molecule has 24 heavy (non-hydrogen) atoms. The highest BCUT2D eigenvalue weighted by molar-refractivity contribution is 9.10. The number of hydrogen-bond donors (Lipinski definition) is 2. The van der Waals surface area contributed by atoms with Gasteiger partial charge in [-0.05, 0) is 30.3 Å². The third-order valence-electron chi connectivity index (χ3n) is 3.02. The highest BCUT2D eigenvalue weighted by Crippen LogP contribution is 2.17. The number of non-ortho nitro benzene ring substituents is 1. The summed E-state index contributed by atoms with van der Waals surface area (Å²) >= 11 is 3.33. The zero-order valence-electron chi connectivity index (χ0n) is 12.7. The summed E-state index contributed by atoms with van der Waals surface area (Å²) in [6.45, 7) is 0.853. The lowest BCUT2D eigenvalue weighted by Gasteiger charge is -2.09. The van der Waals surface area contributed by atoms with Gasteiger partial charge in [0, 0.05) is 35.4 Å². The van der Waals surface area contributed by atoms with E-state index in [4.69, 9.17) is 4.74 Å². The predicted octanol–water partition coefficient (Wildman–Crippen LogP) is 2.96. The van der Waals surface area contributed by atoms with Gasteiger partial charge >= 0.3 is 0 Å². The highest BCUT2D eigenvalue weighted by atomic mass is 79.9. The molecule has 0 spiro atoms. The molecule has 0 aromatic heterocycles. The van der Waals surface area contributed by atoms with Gasteiger partial charge in [-0.25, -0.2) is 0 Å². The molecule has 2 N–H and O–H groups in total. The molecule has 0 saturated carbocycles. The van der Waals surface area contributed by atoms with Crippen molar-refractivity contribution in [3.05, 3.63) is 63.1 Å². The lowest BCUT2D eigenvalue weighted by atomic mass is 10.3. The molecule has 2 aromatic carbocycles. The van der Waals surface area contributed by atoms with Crippen LogP contribution in [0.3, 0.4) is 0 Å². The maximum absolute atomic E-state index is 11.7. The Bertz CT molecular complexity index is 707. The SMILES string of the molecule is O=C(COc1cccc(Br)c1)NCCNc1ccc([N+](=O)[O-])cc1. The van der Waals surface area contributed by atoms with Crippen molar-refractivity contribution >= 4 is 33.2 Å². The van der Waals surface area contributed by atoms with E-state index in [9.17, 15) is 14.9 Å². The number of nitrogens with zero attached hydrogens (tertiary/aromatic N) is 1. The number of nitro benzene ring substituents is 1. The smallest absolute Gasteiger partial charge is 0.269 e. The fourth-order valence-corrected chi connectivity index (χ4v) is 2.24. The number of rotatable bonds is 8. The van der Waals surface area contributed by atoms with Crippen molar-refractivity contribution in [2.24, 2.45) is 0 Å². The lowest BCUT2D eigenvalue weighted by Crippen LogP contribution is -2.32. The van der Waals surface area contributed by atoms with Crippen LogP contribution < -0.4 is 15.4 Å². The van der Waals surface area contributed by atoms with Gasteiger partial charge in [0.1, 0.15) is 5.75 Å². The monoisotopic (exact) mass is 393 g/mol. The van der Waals surface area contributed by atoms with E-state index in [1.807, 2.05) is 12.1 Å². The number of hydrogen-bond acceptors (Lipinski definition) is 5. The van der Waals surface area contributed by atoms with Gasteiger partial charge in [0.05, 0.1) is 4.92 Å². The second-order valence-corrected chi connectivity index (χ2v) is 5.74. The van der Waals surface area contributed by atoms with Gasteiger partial charge in [0.15, 0.2) is 6.61 Å². The zero-order valence-corrected chi connectivity index (χ0v) is 14.3. The van der Waals surface area contributed by atoms with Gasteiger partial charge in [0.2, 0.25) is 0 Å². The van der Waals surface area contributed by atoms with E-state index >= 15 is 0 Å². The Kier molecular flexibility index (Phi) is 6.56. The summed E-state index contributed by atoms with van der Waals surface area (Å²) < 4.78 is 6.26. The Hall–Kier alpha value is -2.61. The third kappa shape index (κ3) is 5.88. The molecule has 0 bridgehead atoms. The molecule has 0 fully saturated rings. The van der Waals surface area contributed by atoms with Crippen LogP contribution in [0.4, 0.5) is 11.4 Å². The first-order valence-electron chi connectivity index (χ1n) is 7.18. The van der Waals surface area contributed by atoms with Crippen molar-refractivity contribution in [1.29, 1.82) is 0 Å². The van der Waals surface area contributed by atoms with Gasteiger partial charge < -0.3 is 15.4 Å². The maximum Gasteiger partial charge on any atom is 0.269 e. The minimum atomic E-state index is -0.449. The average molecular weight is 394 g/mol.